The van der Waals surface area contributed by atoms with E-state index < -0.39 is 6.67 Å². The highest BCUT2D eigenvalue weighted by atomic mass is 35.5. The molecule has 0 bridgehead atoms. The second-order valence-corrected chi connectivity index (χ2v) is 6.49. The topological polar surface area (TPSA) is 51.0 Å². The van der Waals surface area contributed by atoms with Gasteiger partial charge in [-0.05, 0) is 31.2 Å². The quantitative estimate of drug-likeness (QED) is 0.631. The zero-order valence-electron chi connectivity index (χ0n) is 13.5. The van der Waals surface area contributed by atoms with Gasteiger partial charge in [-0.1, -0.05) is 11.6 Å². The Labute approximate surface area is 150 Å². The SMILES string of the molecule is CSCCC(=O)N(CCCCF)c1cn(-c2cccnc2)nc1Cl. The van der Waals surface area contributed by atoms with E-state index in [1.807, 2.05) is 12.3 Å². The van der Waals surface area contributed by atoms with Crippen molar-refractivity contribution in [3.63, 3.8) is 0 Å². The first-order valence-electron chi connectivity index (χ1n) is 7.68. The Bertz CT molecular complexity index is 653. The summed E-state index contributed by atoms with van der Waals surface area (Å²) in [5.74, 6) is 0.697. The lowest BCUT2D eigenvalue weighted by Crippen LogP contribution is -2.32. The lowest BCUT2D eigenvalue weighted by atomic mass is 10.2. The van der Waals surface area contributed by atoms with Crippen LogP contribution in [0.25, 0.3) is 5.69 Å². The first-order chi connectivity index (χ1) is 11.7. The molecule has 0 fully saturated rings. The summed E-state index contributed by atoms with van der Waals surface area (Å²) in [4.78, 5) is 18.2. The maximum atomic E-state index is 12.5. The largest absolute Gasteiger partial charge is 0.308 e. The summed E-state index contributed by atoms with van der Waals surface area (Å²) in [6, 6.07) is 3.65. The fourth-order valence-electron chi connectivity index (χ4n) is 2.21. The van der Waals surface area contributed by atoms with Gasteiger partial charge >= 0.3 is 0 Å². The number of carbonyl (C=O) groups is 1. The molecule has 0 aliphatic carbocycles. The van der Waals surface area contributed by atoms with Gasteiger partial charge in [-0.3, -0.25) is 14.2 Å². The fraction of sp³-hybridized carbons (Fsp3) is 0.438. The molecule has 0 spiro atoms. The van der Waals surface area contributed by atoms with Gasteiger partial charge in [0, 0.05) is 24.9 Å². The number of hydrogen-bond donors (Lipinski definition) is 0. The number of rotatable bonds is 9. The number of nitrogens with zero attached hydrogens (tertiary/aromatic N) is 4. The highest BCUT2D eigenvalue weighted by Gasteiger charge is 2.21. The third kappa shape index (κ3) is 4.95. The summed E-state index contributed by atoms with van der Waals surface area (Å²) >= 11 is 7.86. The summed E-state index contributed by atoms with van der Waals surface area (Å²) in [6.45, 7) is 0.0328. The van der Waals surface area contributed by atoms with E-state index in [0.717, 1.165) is 11.4 Å². The molecule has 2 aromatic rings. The standard InChI is InChI=1S/C16H20ClFN4OS/c1-24-10-6-15(23)21(9-3-2-7-18)14-12-22(20-16(14)17)13-5-4-8-19-11-13/h4-5,8,11-12H,2-3,6-7,9-10H2,1H3. The minimum atomic E-state index is -0.393. The van der Waals surface area contributed by atoms with Crippen molar-refractivity contribution < 1.29 is 9.18 Å². The van der Waals surface area contributed by atoms with Crippen molar-refractivity contribution in [1.29, 1.82) is 0 Å². The van der Waals surface area contributed by atoms with E-state index in [-0.39, 0.29) is 11.1 Å². The molecule has 0 aliphatic rings. The predicted octanol–water partition coefficient (Wildman–Crippen LogP) is 3.76. The van der Waals surface area contributed by atoms with Crippen LogP contribution in [0.15, 0.2) is 30.7 Å². The molecule has 130 valence electrons. The number of carbonyl (C=O) groups excluding carboxylic acids is 1. The van der Waals surface area contributed by atoms with Crippen LogP contribution in [0.2, 0.25) is 5.15 Å². The summed E-state index contributed by atoms with van der Waals surface area (Å²) < 4.78 is 14.0. The summed E-state index contributed by atoms with van der Waals surface area (Å²) in [7, 11) is 0. The van der Waals surface area contributed by atoms with Crippen LogP contribution in [0, 0.1) is 0 Å². The highest BCUT2D eigenvalue weighted by molar-refractivity contribution is 7.98. The third-order valence-electron chi connectivity index (χ3n) is 3.44. The number of pyridine rings is 1. The van der Waals surface area contributed by atoms with Crippen LogP contribution in [0.4, 0.5) is 10.1 Å². The summed E-state index contributed by atoms with van der Waals surface area (Å²) in [5.41, 5.74) is 1.30. The van der Waals surface area contributed by atoms with E-state index in [1.54, 1.807) is 46.0 Å². The first kappa shape index (κ1) is 18.7. The van der Waals surface area contributed by atoms with Gasteiger partial charge in [0.05, 0.1) is 24.8 Å². The molecule has 24 heavy (non-hydrogen) atoms. The van der Waals surface area contributed by atoms with Crippen LogP contribution in [0.5, 0.6) is 0 Å². The third-order valence-corrected chi connectivity index (χ3v) is 4.32. The molecule has 0 aromatic carbocycles. The van der Waals surface area contributed by atoms with Gasteiger partial charge in [-0.15, -0.1) is 0 Å². The van der Waals surface area contributed by atoms with Gasteiger partial charge in [0.15, 0.2) is 5.15 Å². The Kier molecular flexibility index (Phi) is 7.52. The van der Waals surface area contributed by atoms with E-state index in [4.69, 9.17) is 11.6 Å². The minimum Gasteiger partial charge on any atom is -0.308 e. The number of thioether (sulfide) groups is 1. The van der Waals surface area contributed by atoms with Gasteiger partial charge in [0.2, 0.25) is 5.91 Å². The molecule has 2 heterocycles. The minimum absolute atomic E-state index is 0.0316. The number of halogens is 2. The fourth-order valence-corrected chi connectivity index (χ4v) is 2.83. The van der Waals surface area contributed by atoms with Crippen LogP contribution < -0.4 is 4.90 Å². The summed E-state index contributed by atoms with van der Waals surface area (Å²) in [6.07, 6.45) is 8.41. The first-order valence-corrected chi connectivity index (χ1v) is 9.45. The molecular weight excluding hydrogens is 351 g/mol. The Morgan fingerprint density at radius 3 is 2.96 bits per heavy atom. The average Bonchev–Trinajstić information content (AvgIpc) is 2.99. The Hall–Kier alpha value is -1.60. The predicted molar refractivity (Wildman–Crippen MR) is 96.9 cm³/mol. The number of aromatic nitrogens is 3. The maximum Gasteiger partial charge on any atom is 0.227 e. The maximum absolute atomic E-state index is 12.5. The van der Waals surface area contributed by atoms with Gasteiger partial charge < -0.3 is 4.90 Å². The van der Waals surface area contributed by atoms with Crippen molar-refractivity contribution >= 4 is 35.0 Å². The zero-order chi connectivity index (χ0) is 17.4. The van der Waals surface area contributed by atoms with Crippen LogP contribution >= 0.6 is 23.4 Å². The molecule has 1 amide bonds. The monoisotopic (exact) mass is 370 g/mol. The molecule has 2 rings (SSSR count). The molecule has 2 aromatic heterocycles. The van der Waals surface area contributed by atoms with E-state index in [0.29, 0.717) is 31.5 Å². The molecule has 0 N–H and O–H groups in total. The van der Waals surface area contributed by atoms with Crippen molar-refractivity contribution in [2.45, 2.75) is 19.3 Å². The van der Waals surface area contributed by atoms with Gasteiger partial charge in [0.25, 0.3) is 0 Å². The number of alkyl halides is 1. The Balaban J connectivity index is 2.24. The van der Waals surface area contributed by atoms with Gasteiger partial charge in [0.1, 0.15) is 5.69 Å². The number of amides is 1. The van der Waals surface area contributed by atoms with Gasteiger partial charge in [-0.2, -0.15) is 16.9 Å². The van der Waals surface area contributed by atoms with Crippen molar-refractivity contribution in [3.8, 4) is 5.69 Å². The molecule has 5 nitrogen and oxygen atoms in total. The normalized spacial score (nSPS) is 10.8. The lowest BCUT2D eigenvalue weighted by Gasteiger charge is -2.21. The van der Waals surface area contributed by atoms with E-state index in [9.17, 15) is 9.18 Å². The molecule has 0 saturated carbocycles. The van der Waals surface area contributed by atoms with E-state index in [1.165, 1.54) is 0 Å². The van der Waals surface area contributed by atoms with Crippen LogP contribution in [0.1, 0.15) is 19.3 Å². The molecule has 0 unspecified atom stereocenters. The van der Waals surface area contributed by atoms with Crippen LogP contribution in [0.3, 0.4) is 0 Å². The van der Waals surface area contributed by atoms with Gasteiger partial charge in [-0.25, -0.2) is 4.68 Å². The molecule has 0 atom stereocenters. The van der Waals surface area contributed by atoms with E-state index >= 15 is 0 Å². The molecule has 0 aliphatic heterocycles. The van der Waals surface area contributed by atoms with Crippen molar-refractivity contribution in [1.82, 2.24) is 14.8 Å². The van der Waals surface area contributed by atoms with E-state index in [2.05, 4.69) is 10.1 Å². The summed E-state index contributed by atoms with van der Waals surface area (Å²) in [5, 5.41) is 4.51. The molecule has 0 saturated heterocycles. The molecular formula is C16H20ClFN4OS. The lowest BCUT2D eigenvalue weighted by molar-refractivity contribution is -0.118. The smallest absolute Gasteiger partial charge is 0.227 e. The number of anilines is 1. The highest BCUT2D eigenvalue weighted by Crippen LogP contribution is 2.27. The average molecular weight is 371 g/mol. The van der Waals surface area contributed by atoms with Crippen molar-refractivity contribution in [3.05, 3.63) is 35.9 Å². The van der Waals surface area contributed by atoms with Crippen molar-refractivity contribution in [2.24, 2.45) is 0 Å². The van der Waals surface area contributed by atoms with Crippen molar-refractivity contribution in [2.75, 3.05) is 30.1 Å². The Morgan fingerprint density at radius 2 is 2.29 bits per heavy atom. The Morgan fingerprint density at radius 1 is 1.46 bits per heavy atom. The second-order valence-electron chi connectivity index (χ2n) is 5.15. The van der Waals surface area contributed by atoms with Crippen LogP contribution in [-0.2, 0) is 4.79 Å². The van der Waals surface area contributed by atoms with Crippen LogP contribution in [-0.4, -0.2) is 45.9 Å². The zero-order valence-corrected chi connectivity index (χ0v) is 15.1. The molecule has 8 heteroatoms. The second kappa shape index (κ2) is 9.64. The molecule has 0 radical (unpaired) electrons. The number of unbranched alkanes of at least 4 members (excludes halogenated alkanes) is 1. The number of hydrogen-bond acceptors (Lipinski definition) is 4.